The molecule has 3 heteroatoms. The summed E-state index contributed by atoms with van der Waals surface area (Å²) < 4.78 is 5.65. The molecule has 0 saturated carbocycles. The lowest BCUT2D eigenvalue weighted by Gasteiger charge is -2.09. The number of furan rings is 1. The number of rotatable bonds is 2. The first-order valence-electron chi connectivity index (χ1n) is 7.04. The van der Waals surface area contributed by atoms with Gasteiger partial charge in [-0.2, -0.15) is 0 Å². The Hall–Kier alpha value is -2.52. The summed E-state index contributed by atoms with van der Waals surface area (Å²) in [6, 6.07) is 18.2. The van der Waals surface area contributed by atoms with Crippen molar-refractivity contribution in [3.63, 3.8) is 0 Å². The van der Waals surface area contributed by atoms with Gasteiger partial charge >= 0.3 is 0 Å². The van der Waals surface area contributed by atoms with Gasteiger partial charge in [0.15, 0.2) is 0 Å². The zero-order valence-electron chi connectivity index (χ0n) is 11.8. The Morgan fingerprint density at radius 3 is 2.57 bits per heavy atom. The molecule has 2 aromatic carbocycles. The average molecular weight is 276 g/mol. The predicted octanol–water partition coefficient (Wildman–Crippen LogP) is 4.27. The highest BCUT2D eigenvalue weighted by molar-refractivity contribution is 6.07. The minimum Gasteiger partial charge on any atom is -0.464 e. The highest BCUT2D eigenvalue weighted by Crippen LogP contribution is 2.29. The van der Waals surface area contributed by atoms with Gasteiger partial charge in [-0.3, -0.25) is 0 Å². The van der Waals surface area contributed by atoms with Crippen LogP contribution in [0.1, 0.15) is 23.1 Å². The molecule has 0 amide bonds. The Bertz CT molecular complexity index is 933. The van der Waals surface area contributed by atoms with Crippen molar-refractivity contribution in [2.24, 2.45) is 5.73 Å². The molecule has 0 radical (unpaired) electrons. The summed E-state index contributed by atoms with van der Waals surface area (Å²) in [5, 5.41) is 2.42. The number of aromatic nitrogens is 1. The molecule has 0 aliphatic heterocycles. The normalized spacial score (nSPS) is 13.0. The lowest BCUT2D eigenvalue weighted by Crippen LogP contribution is -2.10. The molecule has 3 N–H and O–H groups in total. The van der Waals surface area contributed by atoms with Gasteiger partial charge in [-0.15, -0.1) is 0 Å². The molecular weight excluding hydrogens is 260 g/mol. The van der Waals surface area contributed by atoms with Gasteiger partial charge in [-0.05, 0) is 42.8 Å². The van der Waals surface area contributed by atoms with Crippen LogP contribution < -0.4 is 5.73 Å². The Balaban J connectivity index is 1.88. The van der Waals surface area contributed by atoms with Gasteiger partial charge in [0.25, 0.3) is 0 Å². The number of aryl methyl sites for hydroxylation is 1. The first kappa shape index (κ1) is 12.2. The fourth-order valence-electron chi connectivity index (χ4n) is 2.84. The summed E-state index contributed by atoms with van der Waals surface area (Å²) in [7, 11) is 0. The van der Waals surface area contributed by atoms with Crippen LogP contribution in [0.2, 0.25) is 0 Å². The van der Waals surface area contributed by atoms with Gasteiger partial charge in [0.05, 0.1) is 6.04 Å². The molecule has 4 rings (SSSR count). The van der Waals surface area contributed by atoms with E-state index in [1.165, 1.54) is 10.8 Å². The van der Waals surface area contributed by atoms with Crippen LogP contribution in [-0.4, -0.2) is 4.98 Å². The van der Waals surface area contributed by atoms with Crippen molar-refractivity contribution in [1.82, 2.24) is 4.98 Å². The zero-order chi connectivity index (χ0) is 14.4. The summed E-state index contributed by atoms with van der Waals surface area (Å²) >= 11 is 0. The maximum absolute atomic E-state index is 6.33. The first-order valence-corrected chi connectivity index (χ1v) is 7.04. The van der Waals surface area contributed by atoms with Crippen molar-refractivity contribution in [3.8, 4) is 0 Å². The number of H-pyrrole nitrogens is 1. The molecule has 0 aliphatic rings. The van der Waals surface area contributed by atoms with Crippen molar-refractivity contribution >= 4 is 21.8 Å². The summed E-state index contributed by atoms with van der Waals surface area (Å²) in [6.45, 7) is 1.93. The smallest absolute Gasteiger partial charge is 0.125 e. The lowest BCUT2D eigenvalue weighted by molar-refractivity contribution is 0.466. The number of para-hydroxylation sites is 1. The SMILES string of the molecule is Cc1ccc(C(N)c2ccc3[nH]c4ccccc4c3c2)o1. The van der Waals surface area contributed by atoms with Crippen LogP contribution in [0.5, 0.6) is 0 Å². The number of benzene rings is 2. The van der Waals surface area contributed by atoms with Gasteiger partial charge in [-0.1, -0.05) is 24.3 Å². The molecule has 0 saturated heterocycles. The molecule has 3 nitrogen and oxygen atoms in total. The van der Waals surface area contributed by atoms with E-state index in [1.54, 1.807) is 0 Å². The van der Waals surface area contributed by atoms with E-state index in [4.69, 9.17) is 10.2 Å². The van der Waals surface area contributed by atoms with Crippen LogP contribution >= 0.6 is 0 Å². The Morgan fingerprint density at radius 2 is 1.76 bits per heavy atom. The van der Waals surface area contributed by atoms with Crippen molar-refractivity contribution < 1.29 is 4.42 Å². The van der Waals surface area contributed by atoms with E-state index in [0.717, 1.165) is 28.1 Å². The molecular formula is C18H16N2O. The van der Waals surface area contributed by atoms with E-state index < -0.39 is 0 Å². The van der Waals surface area contributed by atoms with Crippen LogP contribution in [-0.2, 0) is 0 Å². The summed E-state index contributed by atoms with van der Waals surface area (Å²) in [6.07, 6.45) is 0. The number of fused-ring (bicyclic) bond motifs is 3. The zero-order valence-corrected chi connectivity index (χ0v) is 11.8. The number of hydrogen-bond acceptors (Lipinski definition) is 2. The molecule has 0 fully saturated rings. The molecule has 1 unspecified atom stereocenters. The van der Waals surface area contributed by atoms with Gasteiger partial charge in [0, 0.05) is 21.8 Å². The highest BCUT2D eigenvalue weighted by Gasteiger charge is 2.14. The quantitative estimate of drug-likeness (QED) is 0.574. The second-order valence-corrected chi connectivity index (χ2v) is 5.40. The van der Waals surface area contributed by atoms with Crippen LogP contribution in [0.4, 0.5) is 0 Å². The van der Waals surface area contributed by atoms with Crippen molar-refractivity contribution in [3.05, 3.63) is 71.7 Å². The molecule has 0 spiro atoms. The molecule has 0 bridgehead atoms. The average Bonchev–Trinajstić information content (AvgIpc) is 3.09. The van der Waals surface area contributed by atoms with Crippen molar-refractivity contribution in [2.45, 2.75) is 13.0 Å². The maximum Gasteiger partial charge on any atom is 0.125 e. The Labute approximate surface area is 122 Å². The van der Waals surface area contributed by atoms with Crippen LogP contribution in [0, 0.1) is 6.92 Å². The number of hydrogen-bond donors (Lipinski definition) is 2. The van der Waals surface area contributed by atoms with Crippen LogP contribution in [0.25, 0.3) is 21.8 Å². The largest absolute Gasteiger partial charge is 0.464 e. The molecule has 2 heterocycles. The van der Waals surface area contributed by atoms with Crippen LogP contribution in [0.3, 0.4) is 0 Å². The molecule has 4 aromatic rings. The third kappa shape index (κ3) is 1.94. The number of nitrogens with two attached hydrogens (primary N) is 1. The highest BCUT2D eigenvalue weighted by atomic mass is 16.3. The fraction of sp³-hybridized carbons (Fsp3) is 0.111. The molecule has 0 aliphatic carbocycles. The topological polar surface area (TPSA) is 55.0 Å². The van der Waals surface area contributed by atoms with E-state index in [1.807, 2.05) is 25.1 Å². The van der Waals surface area contributed by atoms with E-state index in [-0.39, 0.29) is 6.04 Å². The second kappa shape index (κ2) is 4.50. The number of aromatic amines is 1. The van der Waals surface area contributed by atoms with Crippen molar-refractivity contribution in [2.75, 3.05) is 0 Å². The maximum atomic E-state index is 6.33. The number of nitrogens with one attached hydrogen (secondary N) is 1. The molecule has 104 valence electrons. The Kier molecular flexibility index (Phi) is 2.62. The lowest BCUT2D eigenvalue weighted by atomic mass is 10.0. The summed E-state index contributed by atoms with van der Waals surface area (Å²) in [5.74, 6) is 1.68. The minimum absolute atomic E-state index is 0.239. The van der Waals surface area contributed by atoms with E-state index in [0.29, 0.717) is 0 Å². The van der Waals surface area contributed by atoms with E-state index in [2.05, 4.69) is 41.4 Å². The van der Waals surface area contributed by atoms with Gasteiger partial charge in [0.1, 0.15) is 11.5 Å². The van der Waals surface area contributed by atoms with Gasteiger partial charge < -0.3 is 15.1 Å². The monoisotopic (exact) mass is 276 g/mol. The van der Waals surface area contributed by atoms with E-state index >= 15 is 0 Å². The second-order valence-electron chi connectivity index (χ2n) is 5.40. The van der Waals surface area contributed by atoms with E-state index in [9.17, 15) is 0 Å². The summed E-state index contributed by atoms with van der Waals surface area (Å²) in [5.41, 5.74) is 9.66. The fourth-order valence-corrected chi connectivity index (χ4v) is 2.84. The standard InChI is InChI=1S/C18H16N2O/c1-11-6-9-17(21-11)18(19)12-7-8-16-14(10-12)13-4-2-3-5-15(13)20-16/h2-10,18,20H,19H2,1H3. The molecule has 21 heavy (non-hydrogen) atoms. The summed E-state index contributed by atoms with van der Waals surface area (Å²) in [4.78, 5) is 3.42. The molecule has 2 aromatic heterocycles. The van der Waals surface area contributed by atoms with Gasteiger partial charge in [-0.25, -0.2) is 0 Å². The third-order valence-corrected chi connectivity index (χ3v) is 3.96. The molecule has 1 atom stereocenters. The van der Waals surface area contributed by atoms with Gasteiger partial charge in [0.2, 0.25) is 0 Å². The first-order chi connectivity index (χ1) is 10.2. The van der Waals surface area contributed by atoms with Crippen LogP contribution in [0.15, 0.2) is 59.0 Å². The Morgan fingerprint density at radius 1 is 0.952 bits per heavy atom. The predicted molar refractivity (Wildman–Crippen MR) is 85.3 cm³/mol. The third-order valence-electron chi connectivity index (χ3n) is 3.96. The van der Waals surface area contributed by atoms with Crippen molar-refractivity contribution in [1.29, 1.82) is 0 Å². The minimum atomic E-state index is -0.239.